The maximum absolute atomic E-state index is 12.5. The van der Waals surface area contributed by atoms with Crippen LogP contribution in [0.3, 0.4) is 0 Å². The summed E-state index contributed by atoms with van der Waals surface area (Å²) in [6, 6.07) is 22.3. The number of rotatable bonds is 8. The van der Waals surface area contributed by atoms with Gasteiger partial charge in [0.15, 0.2) is 11.0 Å². The standard InChI is InChI=1S/C24H20Cl2N4O2S/c1-32-21-5-3-2-4-20(21)23-28-29-24(30(23)19-12-10-18(26)11-13-19)33-15-22(31)27-14-16-6-8-17(25)9-7-16/h2-13H,14-15H2,1H3,(H,27,31). The molecule has 0 saturated heterocycles. The highest BCUT2D eigenvalue weighted by molar-refractivity contribution is 7.99. The fraction of sp³-hybridized carbons (Fsp3) is 0.125. The van der Waals surface area contributed by atoms with Gasteiger partial charge in [-0.1, -0.05) is 59.2 Å². The fourth-order valence-corrected chi connectivity index (χ4v) is 4.21. The zero-order chi connectivity index (χ0) is 23.2. The lowest BCUT2D eigenvalue weighted by Crippen LogP contribution is -2.24. The van der Waals surface area contributed by atoms with Gasteiger partial charge in [0.25, 0.3) is 0 Å². The molecule has 1 heterocycles. The van der Waals surface area contributed by atoms with Crippen LogP contribution in [-0.2, 0) is 11.3 Å². The van der Waals surface area contributed by atoms with Crippen LogP contribution in [0.1, 0.15) is 5.56 Å². The predicted molar refractivity (Wildman–Crippen MR) is 132 cm³/mol. The van der Waals surface area contributed by atoms with Crippen molar-refractivity contribution in [2.75, 3.05) is 12.9 Å². The molecule has 1 N–H and O–H groups in total. The molecule has 0 aliphatic heterocycles. The first-order chi connectivity index (χ1) is 16.0. The molecule has 0 fully saturated rings. The van der Waals surface area contributed by atoms with Gasteiger partial charge in [0, 0.05) is 22.3 Å². The summed E-state index contributed by atoms with van der Waals surface area (Å²) in [6.45, 7) is 0.424. The minimum atomic E-state index is -0.112. The summed E-state index contributed by atoms with van der Waals surface area (Å²) in [4.78, 5) is 12.5. The zero-order valence-electron chi connectivity index (χ0n) is 17.7. The maximum Gasteiger partial charge on any atom is 0.230 e. The number of hydrogen-bond acceptors (Lipinski definition) is 5. The van der Waals surface area contributed by atoms with Crippen molar-refractivity contribution in [3.63, 3.8) is 0 Å². The Morgan fingerprint density at radius 2 is 1.64 bits per heavy atom. The van der Waals surface area contributed by atoms with Crippen LogP contribution >= 0.6 is 35.0 Å². The number of para-hydroxylation sites is 1. The van der Waals surface area contributed by atoms with Crippen LogP contribution in [0.25, 0.3) is 17.1 Å². The fourth-order valence-electron chi connectivity index (χ4n) is 3.17. The van der Waals surface area contributed by atoms with Crippen molar-refractivity contribution >= 4 is 40.9 Å². The molecule has 168 valence electrons. The predicted octanol–water partition coefficient (Wildman–Crippen LogP) is 5.66. The van der Waals surface area contributed by atoms with Crippen LogP contribution in [0.2, 0.25) is 10.0 Å². The second-order valence-electron chi connectivity index (χ2n) is 7.01. The van der Waals surface area contributed by atoms with Crippen molar-refractivity contribution < 1.29 is 9.53 Å². The summed E-state index contributed by atoms with van der Waals surface area (Å²) in [5.41, 5.74) is 2.59. The molecule has 0 radical (unpaired) electrons. The average molecular weight is 499 g/mol. The van der Waals surface area contributed by atoms with E-state index in [2.05, 4.69) is 15.5 Å². The summed E-state index contributed by atoms with van der Waals surface area (Å²) in [7, 11) is 1.61. The number of methoxy groups -OCH3 is 1. The van der Waals surface area contributed by atoms with E-state index in [0.29, 0.717) is 33.3 Å². The highest BCUT2D eigenvalue weighted by Crippen LogP contribution is 2.33. The molecule has 0 unspecified atom stereocenters. The molecule has 1 aromatic heterocycles. The van der Waals surface area contributed by atoms with Gasteiger partial charge in [-0.25, -0.2) is 0 Å². The van der Waals surface area contributed by atoms with Crippen LogP contribution in [-0.4, -0.2) is 33.5 Å². The number of carbonyl (C=O) groups excluding carboxylic acids is 1. The molecule has 0 atom stereocenters. The molecule has 6 nitrogen and oxygen atoms in total. The number of thioether (sulfide) groups is 1. The van der Waals surface area contributed by atoms with Gasteiger partial charge < -0.3 is 10.1 Å². The second kappa shape index (κ2) is 10.7. The van der Waals surface area contributed by atoms with Crippen molar-refractivity contribution in [3.8, 4) is 22.8 Å². The molecular weight excluding hydrogens is 479 g/mol. The monoisotopic (exact) mass is 498 g/mol. The molecule has 3 aromatic carbocycles. The summed E-state index contributed by atoms with van der Waals surface area (Å²) in [5, 5.41) is 13.6. The molecule has 9 heteroatoms. The van der Waals surface area contributed by atoms with Crippen LogP contribution in [0.4, 0.5) is 0 Å². The largest absolute Gasteiger partial charge is 0.496 e. The van der Waals surface area contributed by atoms with E-state index in [9.17, 15) is 4.79 Å². The van der Waals surface area contributed by atoms with Crippen LogP contribution in [0.5, 0.6) is 5.75 Å². The Hall–Kier alpha value is -3.00. The molecule has 0 aliphatic carbocycles. The number of halogens is 2. The van der Waals surface area contributed by atoms with Gasteiger partial charge in [0.05, 0.1) is 18.4 Å². The molecule has 4 aromatic rings. The van der Waals surface area contributed by atoms with Crippen LogP contribution < -0.4 is 10.1 Å². The van der Waals surface area contributed by atoms with E-state index in [4.69, 9.17) is 27.9 Å². The lowest BCUT2D eigenvalue weighted by atomic mass is 10.2. The molecular formula is C24H20Cl2N4O2S. The Morgan fingerprint density at radius 1 is 0.970 bits per heavy atom. The van der Waals surface area contributed by atoms with E-state index in [0.717, 1.165) is 16.8 Å². The normalized spacial score (nSPS) is 10.8. The Balaban J connectivity index is 1.56. The van der Waals surface area contributed by atoms with Gasteiger partial charge in [-0.2, -0.15) is 0 Å². The number of benzene rings is 3. The summed E-state index contributed by atoms with van der Waals surface area (Å²) >= 11 is 13.3. The SMILES string of the molecule is COc1ccccc1-c1nnc(SCC(=O)NCc2ccc(Cl)cc2)n1-c1ccc(Cl)cc1. The van der Waals surface area contributed by atoms with Crippen molar-refractivity contribution in [3.05, 3.63) is 88.4 Å². The summed E-state index contributed by atoms with van der Waals surface area (Å²) in [5.74, 6) is 1.36. The Bertz CT molecular complexity index is 1240. The van der Waals surface area contributed by atoms with E-state index in [1.54, 1.807) is 31.4 Å². The van der Waals surface area contributed by atoms with E-state index in [1.807, 2.05) is 53.1 Å². The van der Waals surface area contributed by atoms with E-state index in [-0.39, 0.29) is 11.7 Å². The molecule has 4 rings (SSSR count). The summed E-state index contributed by atoms with van der Waals surface area (Å²) in [6.07, 6.45) is 0. The number of hydrogen-bond donors (Lipinski definition) is 1. The van der Waals surface area contributed by atoms with Gasteiger partial charge in [-0.15, -0.1) is 10.2 Å². The molecule has 33 heavy (non-hydrogen) atoms. The topological polar surface area (TPSA) is 69.0 Å². The minimum absolute atomic E-state index is 0.112. The number of carbonyl (C=O) groups is 1. The van der Waals surface area contributed by atoms with Gasteiger partial charge in [-0.3, -0.25) is 9.36 Å². The second-order valence-corrected chi connectivity index (χ2v) is 8.83. The first kappa shape index (κ1) is 23.2. The Morgan fingerprint density at radius 3 is 2.33 bits per heavy atom. The number of nitrogens with one attached hydrogen (secondary N) is 1. The number of ether oxygens (including phenoxy) is 1. The Kier molecular flexibility index (Phi) is 7.54. The van der Waals surface area contributed by atoms with E-state index < -0.39 is 0 Å². The summed E-state index contributed by atoms with van der Waals surface area (Å²) < 4.78 is 7.41. The molecule has 0 bridgehead atoms. The van der Waals surface area contributed by atoms with E-state index in [1.165, 1.54) is 11.8 Å². The average Bonchev–Trinajstić information content (AvgIpc) is 3.26. The van der Waals surface area contributed by atoms with E-state index >= 15 is 0 Å². The molecule has 0 spiro atoms. The zero-order valence-corrected chi connectivity index (χ0v) is 20.0. The van der Waals surface area contributed by atoms with Crippen molar-refractivity contribution in [1.82, 2.24) is 20.1 Å². The number of aromatic nitrogens is 3. The highest BCUT2D eigenvalue weighted by Gasteiger charge is 2.19. The lowest BCUT2D eigenvalue weighted by molar-refractivity contribution is -0.118. The minimum Gasteiger partial charge on any atom is -0.496 e. The maximum atomic E-state index is 12.5. The molecule has 0 aliphatic rings. The third-order valence-electron chi connectivity index (χ3n) is 4.80. The van der Waals surface area contributed by atoms with Crippen molar-refractivity contribution in [1.29, 1.82) is 0 Å². The van der Waals surface area contributed by atoms with Crippen molar-refractivity contribution in [2.45, 2.75) is 11.7 Å². The van der Waals surface area contributed by atoms with Gasteiger partial charge in [-0.05, 0) is 54.1 Å². The molecule has 0 saturated carbocycles. The van der Waals surface area contributed by atoms with Crippen LogP contribution in [0, 0.1) is 0 Å². The first-order valence-corrected chi connectivity index (χ1v) is 11.8. The highest BCUT2D eigenvalue weighted by atomic mass is 35.5. The smallest absolute Gasteiger partial charge is 0.230 e. The third-order valence-corrected chi connectivity index (χ3v) is 6.23. The third kappa shape index (κ3) is 5.68. The molecule has 1 amide bonds. The quantitative estimate of drug-likeness (QED) is 0.317. The number of amides is 1. The van der Waals surface area contributed by atoms with Gasteiger partial charge >= 0.3 is 0 Å². The first-order valence-electron chi connectivity index (χ1n) is 10.0. The van der Waals surface area contributed by atoms with Gasteiger partial charge in [0.2, 0.25) is 5.91 Å². The lowest BCUT2D eigenvalue weighted by Gasteiger charge is -2.12. The van der Waals surface area contributed by atoms with Crippen LogP contribution in [0.15, 0.2) is 78.0 Å². The number of nitrogens with zero attached hydrogens (tertiary/aromatic N) is 3. The Labute approximate surface area is 205 Å². The van der Waals surface area contributed by atoms with Gasteiger partial charge in [0.1, 0.15) is 5.75 Å². The van der Waals surface area contributed by atoms with Crippen molar-refractivity contribution in [2.24, 2.45) is 0 Å².